The average molecular weight is 501 g/mol. The maximum absolute atomic E-state index is 14.0. The molecule has 3 N–H and O–H groups in total. The van der Waals surface area contributed by atoms with Gasteiger partial charge < -0.3 is 15.6 Å². The van der Waals surface area contributed by atoms with Gasteiger partial charge in [0.2, 0.25) is 0 Å². The first kappa shape index (κ1) is 24.1. The van der Waals surface area contributed by atoms with Crippen molar-refractivity contribution in [3.63, 3.8) is 0 Å². The number of carbonyl (C=O) groups excluding carboxylic acids is 1. The van der Waals surface area contributed by atoms with Gasteiger partial charge in [-0.05, 0) is 56.7 Å². The van der Waals surface area contributed by atoms with E-state index in [1.54, 1.807) is 6.07 Å². The van der Waals surface area contributed by atoms with E-state index in [0.29, 0.717) is 23.8 Å². The predicted molar refractivity (Wildman–Crippen MR) is 145 cm³/mol. The van der Waals surface area contributed by atoms with Gasteiger partial charge in [0, 0.05) is 30.4 Å². The van der Waals surface area contributed by atoms with Crippen molar-refractivity contribution in [3.8, 4) is 0 Å². The summed E-state index contributed by atoms with van der Waals surface area (Å²) in [4.78, 5) is 37.5. The van der Waals surface area contributed by atoms with E-state index in [2.05, 4.69) is 20.2 Å². The Morgan fingerprint density at radius 1 is 0.892 bits per heavy atom. The number of rotatable bonds is 5. The maximum atomic E-state index is 14.0. The Kier molecular flexibility index (Phi) is 6.67. The van der Waals surface area contributed by atoms with Gasteiger partial charge in [0.05, 0.1) is 28.5 Å². The third kappa shape index (κ3) is 4.63. The summed E-state index contributed by atoms with van der Waals surface area (Å²) >= 11 is 0. The Hall–Kier alpha value is -3.26. The van der Waals surface area contributed by atoms with E-state index in [-0.39, 0.29) is 23.0 Å². The van der Waals surface area contributed by atoms with Crippen LogP contribution in [0.25, 0.3) is 11.0 Å². The number of hydrogen-bond donors (Lipinski definition) is 2. The molecule has 0 radical (unpaired) electrons. The highest BCUT2D eigenvalue weighted by Gasteiger charge is 2.44. The van der Waals surface area contributed by atoms with Gasteiger partial charge >= 0.3 is 0 Å². The lowest BCUT2D eigenvalue weighted by Crippen LogP contribution is -2.50. The molecule has 3 aliphatic rings. The number of nitrogens with zero attached hydrogens (tertiary/aromatic N) is 4. The van der Waals surface area contributed by atoms with Gasteiger partial charge in [-0.3, -0.25) is 19.5 Å². The summed E-state index contributed by atoms with van der Waals surface area (Å²) < 4.78 is 1.96. The third-order valence-corrected chi connectivity index (χ3v) is 8.76. The Morgan fingerprint density at radius 2 is 1.59 bits per heavy atom. The number of aromatic nitrogens is 3. The second kappa shape index (κ2) is 10.2. The van der Waals surface area contributed by atoms with Crippen LogP contribution in [0.1, 0.15) is 87.0 Å². The lowest BCUT2D eigenvalue weighted by Gasteiger charge is -2.45. The average Bonchev–Trinajstić information content (AvgIpc) is 3.13. The van der Waals surface area contributed by atoms with Crippen LogP contribution in [0.15, 0.2) is 47.5 Å². The Morgan fingerprint density at radius 3 is 2.32 bits per heavy atom. The van der Waals surface area contributed by atoms with Gasteiger partial charge in [0.15, 0.2) is 5.82 Å². The molecule has 8 nitrogen and oxygen atoms in total. The molecule has 3 aromatic rings. The summed E-state index contributed by atoms with van der Waals surface area (Å²) in [7, 11) is 0. The molecule has 1 saturated carbocycles. The van der Waals surface area contributed by atoms with Crippen LogP contribution < -0.4 is 16.6 Å². The lowest BCUT2D eigenvalue weighted by atomic mass is 9.89. The quantitative estimate of drug-likeness (QED) is 0.515. The highest BCUT2D eigenvalue weighted by molar-refractivity contribution is 5.98. The van der Waals surface area contributed by atoms with Gasteiger partial charge in [0.25, 0.3) is 11.5 Å². The minimum absolute atomic E-state index is 0.118. The number of anilines is 2. The van der Waals surface area contributed by atoms with E-state index < -0.39 is 5.91 Å². The van der Waals surface area contributed by atoms with E-state index in [4.69, 9.17) is 5.73 Å². The molecule has 37 heavy (non-hydrogen) atoms. The molecule has 2 unspecified atom stereocenters. The molecule has 3 fully saturated rings. The third-order valence-electron chi connectivity index (χ3n) is 8.76. The molecular weight excluding hydrogens is 464 g/mol. The molecular formula is C29H36N6O2. The molecule has 6 rings (SSSR count). The number of fused-ring (bicyclic) bond motifs is 3. The van der Waals surface area contributed by atoms with Crippen molar-refractivity contribution in [3.05, 3.63) is 58.6 Å². The van der Waals surface area contributed by atoms with Crippen LogP contribution in [-0.4, -0.2) is 43.5 Å². The molecule has 0 spiro atoms. The second-order valence-corrected chi connectivity index (χ2v) is 11.0. The van der Waals surface area contributed by atoms with Crippen LogP contribution >= 0.6 is 0 Å². The molecule has 2 bridgehead atoms. The highest BCUT2D eigenvalue weighted by Crippen LogP contribution is 2.44. The topological polar surface area (TPSA) is 106 Å². The van der Waals surface area contributed by atoms with Gasteiger partial charge in [-0.15, -0.1) is 0 Å². The first-order chi connectivity index (χ1) is 18.1. The van der Waals surface area contributed by atoms with Crippen molar-refractivity contribution in [1.82, 2.24) is 19.4 Å². The van der Waals surface area contributed by atoms with E-state index in [0.717, 1.165) is 23.9 Å². The second-order valence-electron chi connectivity index (χ2n) is 11.0. The Balaban J connectivity index is 1.34. The fraction of sp³-hybridized carbons (Fsp3) is 0.517. The normalized spacial score (nSPS) is 25.0. The standard InChI is InChI=1S/C29H36N6O2/c30-27(36)23-14-15-31-18-25(23)33-28-29(37)35(26-11-7-6-10-24(26)32-28)22-16-20-12-13-21(17-22)34(20)19-8-4-2-1-3-5-9-19/h6-7,10-11,14-15,18-22H,1-5,8-9,12-13,16-17H2,(H2,30,36)(H,32,33). The fourth-order valence-corrected chi connectivity index (χ4v) is 7.16. The van der Waals surface area contributed by atoms with E-state index in [1.807, 2.05) is 28.8 Å². The SMILES string of the molecule is NC(=O)c1ccncc1Nc1nc2ccccc2n(C2CC3CCC(C2)N3C2CCCCCCC2)c1=O. The summed E-state index contributed by atoms with van der Waals surface area (Å²) in [6.45, 7) is 0. The van der Waals surface area contributed by atoms with Crippen LogP contribution in [0, 0.1) is 0 Å². The Bertz CT molecular complexity index is 1330. The molecule has 4 heterocycles. The van der Waals surface area contributed by atoms with E-state index in [9.17, 15) is 9.59 Å². The zero-order valence-corrected chi connectivity index (χ0v) is 21.3. The fourth-order valence-electron chi connectivity index (χ4n) is 7.16. The Labute approximate surface area is 217 Å². The first-order valence-electron chi connectivity index (χ1n) is 13.9. The molecule has 1 aromatic carbocycles. The number of nitrogens with two attached hydrogens (primary N) is 1. The maximum Gasteiger partial charge on any atom is 0.294 e. The van der Waals surface area contributed by atoms with Crippen LogP contribution in [0.5, 0.6) is 0 Å². The van der Waals surface area contributed by atoms with Crippen molar-refractivity contribution < 1.29 is 4.79 Å². The highest BCUT2D eigenvalue weighted by atomic mass is 16.1. The van der Waals surface area contributed by atoms with Crippen molar-refractivity contribution >= 4 is 28.4 Å². The molecule has 2 aliphatic heterocycles. The van der Waals surface area contributed by atoms with E-state index >= 15 is 0 Å². The molecule has 2 atom stereocenters. The number of piperidine rings is 1. The predicted octanol–water partition coefficient (Wildman–Crippen LogP) is 4.91. The molecule has 1 amide bonds. The number of para-hydroxylation sites is 2. The van der Waals surface area contributed by atoms with Crippen LogP contribution in [0.4, 0.5) is 11.5 Å². The minimum Gasteiger partial charge on any atom is -0.366 e. The van der Waals surface area contributed by atoms with Crippen LogP contribution in [0.3, 0.4) is 0 Å². The number of hydrogen-bond acceptors (Lipinski definition) is 6. The summed E-state index contributed by atoms with van der Waals surface area (Å²) in [6.07, 6.45) is 16.9. The van der Waals surface area contributed by atoms with Crippen molar-refractivity contribution in [2.45, 2.75) is 94.8 Å². The first-order valence-corrected chi connectivity index (χ1v) is 13.9. The smallest absolute Gasteiger partial charge is 0.294 e. The summed E-state index contributed by atoms with van der Waals surface area (Å²) in [5, 5.41) is 3.09. The van der Waals surface area contributed by atoms with Gasteiger partial charge in [-0.2, -0.15) is 0 Å². The monoisotopic (exact) mass is 500 g/mol. The molecule has 1 aliphatic carbocycles. The number of primary amides is 1. The molecule has 2 saturated heterocycles. The summed E-state index contributed by atoms with van der Waals surface area (Å²) in [6, 6.07) is 11.3. The van der Waals surface area contributed by atoms with Crippen molar-refractivity contribution in [2.75, 3.05) is 5.32 Å². The van der Waals surface area contributed by atoms with Gasteiger partial charge in [-0.25, -0.2) is 4.98 Å². The van der Waals surface area contributed by atoms with Gasteiger partial charge in [0.1, 0.15) is 0 Å². The number of nitrogens with one attached hydrogen (secondary N) is 1. The number of benzene rings is 1. The molecule has 194 valence electrons. The molecule has 8 heteroatoms. The van der Waals surface area contributed by atoms with Crippen LogP contribution in [-0.2, 0) is 0 Å². The summed E-state index contributed by atoms with van der Waals surface area (Å²) in [5.74, 6) is -0.381. The van der Waals surface area contributed by atoms with Crippen LogP contribution in [0.2, 0.25) is 0 Å². The number of pyridine rings is 1. The largest absolute Gasteiger partial charge is 0.366 e. The minimum atomic E-state index is -0.579. The number of carbonyl (C=O) groups is 1. The molecule has 2 aromatic heterocycles. The lowest BCUT2D eigenvalue weighted by molar-refractivity contribution is 0.0498. The number of amides is 1. The zero-order chi connectivity index (χ0) is 25.4. The van der Waals surface area contributed by atoms with Crippen molar-refractivity contribution in [1.29, 1.82) is 0 Å². The van der Waals surface area contributed by atoms with E-state index in [1.165, 1.54) is 70.2 Å². The van der Waals surface area contributed by atoms with Gasteiger partial charge in [-0.1, -0.05) is 44.2 Å². The van der Waals surface area contributed by atoms with Crippen molar-refractivity contribution in [2.24, 2.45) is 5.73 Å². The summed E-state index contributed by atoms with van der Waals surface area (Å²) in [5.41, 5.74) is 7.68. The zero-order valence-electron chi connectivity index (χ0n) is 21.3.